The highest BCUT2D eigenvalue weighted by Gasteiger charge is 2.40. The van der Waals surface area contributed by atoms with Crippen LogP contribution in [0.3, 0.4) is 0 Å². The molecule has 0 fully saturated rings. The molecule has 0 aromatic heterocycles. The van der Waals surface area contributed by atoms with E-state index in [0.717, 1.165) is 12.1 Å². The van der Waals surface area contributed by atoms with Crippen molar-refractivity contribution in [3.63, 3.8) is 0 Å². The van der Waals surface area contributed by atoms with Gasteiger partial charge in [-0.05, 0) is 40.8 Å². The number of alkyl halides is 3. The average Bonchev–Trinajstić information content (AvgIpc) is 2.06. The molecular formula is C8H6F3IO2. The summed E-state index contributed by atoms with van der Waals surface area (Å²) in [6.07, 6.45) is -7.40. The van der Waals surface area contributed by atoms with Crippen molar-refractivity contribution in [2.24, 2.45) is 0 Å². The van der Waals surface area contributed by atoms with E-state index in [-0.39, 0.29) is 0 Å². The Balaban J connectivity index is 3.12. The average molecular weight is 318 g/mol. The summed E-state index contributed by atoms with van der Waals surface area (Å²) >= 11 is 1.79. The van der Waals surface area contributed by atoms with Crippen LogP contribution < -0.4 is 0 Å². The van der Waals surface area contributed by atoms with E-state index in [2.05, 4.69) is 0 Å². The van der Waals surface area contributed by atoms with Gasteiger partial charge in [-0.3, -0.25) is 0 Å². The Bertz CT molecular complexity index is 338. The van der Waals surface area contributed by atoms with E-state index in [1.54, 1.807) is 22.6 Å². The van der Waals surface area contributed by atoms with Gasteiger partial charge in [0.2, 0.25) is 0 Å². The number of hydrogen-bond donors (Lipinski definition) is 2. The van der Waals surface area contributed by atoms with E-state index in [4.69, 9.17) is 10.2 Å². The fourth-order valence-corrected chi connectivity index (χ4v) is 1.44. The number of benzene rings is 1. The molecule has 2 N–H and O–H groups in total. The summed E-state index contributed by atoms with van der Waals surface area (Å²) in [7, 11) is 0. The Morgan fingerprint density at radius 1 is 1.29 bits per heavy atom. The molecule has 0 aliphatic heterocycles. The van der Waals surface area contributed by atoms with E-state index in [1.165, 1.54) is 6.07 Å². The molecule has 0 saturated heterocycles. The smallest absolute Gasteiger partial charge is 0.418 e. The molecule has 0 saturated carbocycles. The lowest BCUT2D eigenvalue weighted by Crippen LogP contribution is -2.20. The number of aliphatic hydroxyl groups excluding tert-OH is 1. The highest BCUT2D eigenvalue weighted by atomic mass is 127. The van der Waals surface area contributed by atoms with Gasteiger partial charge in [0.05, 0.1) is 0 Å². The van der Waals surface area contributed by atoms with Crippen molar-refractivity contribution < 1.29 is 23.4 Å². The molecule has 0 bridgehead atoms. The Kier molecular flexibility index (Phi) is 3.25. The molecule has 78 valence electrons. The second-order valence-electron chi connectivity index (χ2n) is 2.65. The van der Waals surface area contributed by atoms with Gasteiger partial charge in [0.15, 0.2) is 6.10 Å². The van der Waals surface area contributed by atoms with Crippen LogP contribution in [-0.2, 0) is 0 Å². The van der Waals surface area contributed by atoms with Gasteiger partial charge in [-0.15, -0.1) is 0 Å². The normalized spacial score (nSPS) is 14.1. The van der Waals surface area contributed by atoms with Crippen LogP contribution in [0.4, 0.5) is 13.2 Å². The summed E-state index contributed by atoms with van der Waals surface area (Å²) in [5, 5.41) is 18.0. The third-order valence-corrected chi connectivity index (χ3v) is 2.27. The molecular weight excluding hydrogens is 312 g/mol. The van der Waals surface area contributed by atoms with E-state index in [9.17, 15) is 13.2 Å². The zero-order valence-corrected chi connectivity index (χ0v) is 8.87. The lowest BCUT2D eigenvalue weighted by Gasteiger charge is -2.15. The van der Waals surface area contributed by atoms with Gasteiger partial charge in [0.1, 0.15) is 5.75 Å². The van der Waals surface area contributed by atoms with E-state index in [1.807, 2.05) is 0 Å². The Morgan fingerprint density at radius 3 is 2.36 bits per heavy atom. The monoisotopic (exact) mass is 318 g/mol. The molecule has 1 rings (SSSR count). The van der Waals surface area contributed by atoms with Gasteiger partial charge in [0.25, 0.3) is 0 Å². The molecule has 0 spiro atoms. The van der Waals surface area contributed by atoms with Gasteiger partial charge < -0.3 is 10.2 Å². The van der Waals surface area contributed by atoms with Crippen LogP contribution in [0.15, 0.2) is 18.2 Å². The Morgan fingerprint density at radius 2 is 1.86 bits per heavy atom. The molecule has 0 amide bonds. The number of rotatable bonds is 1. The summed E-state index contributed by atoms with van der Waals surface area (Å²) in [6.45, 7) is 0. The molecule has 1 unspecified atom stereocenters. The van der Waals surface area contributed by atoms with Crippen molar-refractivity contribution in [2.75, 3.05) is 0 Å². The standard InChI is InChI=1S/C8H6F3IO2/c9-8(10,11)7(14)5-3-4(12)1-2-6(5)13/h1-3,7,13-14H. The fraction of sp³-hybridized carbons (Fsp3) is 0.250. The zero-order chi connectivity index (χ0) is 10.9. The third-order valence-electron chi connectivity index (χ3n) is 1.59. The van der Waals surface area contributed by atoms with Gasteiger partial charge >= 0.3 is 6.18 Å². The maximum absolute atomic E-state index is 12.1. The molecule has 1 atom stereocenters. The molecule has 14 heavy (non-hydrogen) atoms. The second kappa shape index (κ2) is 3.93. The first-order valence-electron chi connectivity index (χ1n) is 3.55. The maximum atomic E-state index is 12.1. The number of halogens is 4. The van der Waals surface area contributed by atoms with Crippen LogP contribution in [0.2, 0.25) is 0 Å². The van der Waals surface area contributed by atoms with E-state index in [0.29, 0.717) is 3.57 Å². The fourth-order valence-electron chi connectivity index (χ4n) is 0.921. The third kappa shape index (κ3) is 2.50. The molecule has 1 aromatic carbocycles. The van der Waals surface area contributed by atoms with Crippen molar-refractivity contribution in [2.45, 2.75) is 12.3 Å². The number of hydrogen-bond acceptors (Lipinski definition) is 2. The summed E-state index contributed by atoms with van der Waals surface area (Å²) < 4.78 is 36.8. The first-order chi connectivity index (χ1) is 6.32. The topological polar surface area (TPSA) is 40.5 Å². The number of aromatic hydroxyl groups is 1. The predicted molar refractivity (Wildman–Crippen MR) is 51.8 cm³/mol. The van der Waals surface area contributed by atoms with Crippen molar-refractivity contribution in [1.29, 1.82) is 0 Å². The van der Waals surface area contributed by atoms with E-state index < -0.39 is 23.6 Å². The van der Waals surface area contributed by atoms with Crippen LogP contribution in [-0.4, -0.2) is 16.4 Å². The van der Waals surface area contributed by atoms with Crippen molar-refractivity contribution in [3.05, 3.63) is 27.3 Å². The number of aliphatic hydroxyl groups is 1. The Hall–Kier alpha value is -0.500. The molecule has 2 nitrogen and oxygen atoms in total. The first-order valence-corrected chi connectivity index (χ1v) is 4.63. The highest BCUT2D eigenvalue weighted by molar-refractivity contribution is 14.1. The van der Waals surface area contributed by atoms with E-state index >= 15 is 0 Å². The number of phenolic OH excluding ortho intramolecular Hbond substituents is 1. The minimum absolute atomic E-state index is 0.513. The zero-order valence-electron chi connectivity index (χ0n) is 6.72. The molecule has 1 aromatic rings. The molecule has 0 aliphatic rings. The second-order valence-corrected chi connectivity index (χ2v) is 3.89. The van der Waals surface area contributed by atoms with Crippen LogP contribution in [0.1, 0.15) is 11.7 Å². The SMILES string of the molecule is Oc1ccc(I)cc1C(O)C(F)(F)F. The van der Waals surface area contributed by atoms with Crippen LogP contribution in [0, 0.1) is 3.57 Å². The largest absolute Gasteiger partial charge is 0.508 e. The molecule has 0 heterocycles. The summed E-state index contributed by atoms with van der Waals surface area (Å²) in [6, 6.07) is 3.66. The molecule has 0 radical (unpaired) electrons. The van der Waals surface area contributed by atoms with Crippen molar-refractivity contribution in [1.82, 2.24) is 0 Å². The first kappa shape index (κ1) is 11.6. The minimum Gasteiger partial charge on any atom is -0.508 e. The quantitative estimate of drug-likeness (QED) is 0.782. The van der Waals surface area contributed by atoms with Crippen LogP contribution in [0.5, 0.6) is 5.75 Å². The van der Waals surface area contributed by atoms with Crippen molar-refractivity contribution >= 4 is 22.6 Å². The lowest BCUT2D eigenvalue weighted by atomic mass is 10.1. The van der Waals surface area contributed by atoms with Crippen LogP contribution >= 0.6 is 22.6 Å². The minimum atomic E-state index is -4.76. The van der Waals surface area contributed by atoms with Gasteiger partial charge in [0, 0.05) is 9.13 Å². The predicted octanol–water partition coefficient (Wildman–Crippen LogP) is 2.59. The molecule has 6 heteroatoms. The summed E-state index contributed by atoms with van der Waals surface area (Å²) in [5.74, 6) is -0.560. The number of phenols is 1. The lowest BCUT2D eigenvalue weighted by molar-refractivity contribution is -0.207. The molecule has 0 aliphatic carbocycles. The summed E-state index contributed by atoms with van der Waals surface area (Å²) in [5.41, 5.74) is -0.524. The Labute approximate surface area is 91.5 Å². The maximum Gasteiger partial charge on any atom is 0.418 e. The summed E-state index contributed by atoms with van der Waals surface area (Å²) in [4.78, 5) is 0. The van der Waals surface area contributed by atoms with Crippen LogP contribution in [0.25, 0.3) is 0 Å². The van der Waals surface area contributed by atoms with Gasteiger partial charge in [-0.1, -0.05) is 0 Å². The van der Waals surface area contributed by atoms with Crippen molar-refractivity contribution in [3.8, 4) is 5.75 Å². The van der Waals surface area contributed by atoms with Gasteiger partial charge in [-0.2, -0.15) is 13.2 Å². The van der Waals surface area contributed by atoms with Gasteiger partial charge in [-0.25, -0.2) is 0 Å². The highest BCUT2D eigenvalue weighted by Crippen LogP contribution is 2.37.